The van der Waals surface area contributed by atoms with Gasteiger partial charge in [-0.05, 0) is 24.8 Å². The van der Waals surface area contributed by atoms with Crippen molar-refractivity contribution in [1.82, 2.24) is 0 Å². The van der Waals surface area contributed by atoms with Crippen LogP contribution in [0.5, 0.6) is 0 Å². The van der Waals surface area contributed by atoms with Crippen molar-refractivity contribution in [2.24, 2.45) is 0 Å². The molecule has 0 bridgehead atoms. The van der Waals surface area contributed by atoms with Crippen molar-refractivity contribution in [3.05, 3.63) is 42.0 Å². The van der Waals surface area contributed by atoms with Crippen LogP contribution < -0.4 is 0 Å². The first-order valence-corrected chi connectivity index (χ1v) is 5.28. The SMILES string of the molecule is CS/C(=C/C(C)=O)c1ccccc1. The summed E-state index contributed by atoms with van der Waals surface area (Å²) in [7, 11) is 0. The summed E-state index contributed by atoms with van der Waals surface area (Å²) < 4.78 is 0. The van der Waals surface area contributed by atoms with Gasteiger partial charge in [-0.2, -0.15) is 0 Å². The summed E-state index contributed by atoms with van der Waals surface area (Å²) >= 11 is 1.59. The van der Waals surface area contributed by atoms with Crippen LogP contribution in [0.25, 0.3) is 4.91 Å². The molecule has 1 rings (SSSR count). The number of hydrogen-bond acceptors (Lipinski definition) is 2. The number of rotatable bonds is 3. The molecule has 0 aliphatic rings. The third kappa shape index (κ3) is 3.07. The Morgan fingerprint density at radius 1 is 1.31 bits per heavy atom. The first-order chi connectivity index (χ1) is 6.24. The second kappa shape index (κ2) is 4.87. The van der Waals surface area contributed by atoms with Crippen molar-refractivity contribution in [3.8, 4) is 0 Å². The van der Waals surface area contributed by atoms with Gasteiger partial charge in [0.1, 0.15) is 0 Å². The van der Waals surface area contributed by atoms with E-state index in [1.54, 1.807) is 24.8 Å². The van der Waals surface area contributed by atoms with Crippen LogP contribution >= 0.6 is 11.8 Å². The minimum Gasteiger partial charge on any atom is -0.295 e. The Hall–Kier alpha value is -1.02. The molecule has 0 saturated carbocycles. The van der Waals surface area contributed by atoms with Gasteiger partial charge < -0.3 is 0 Å². The van der Waals surface area contributed by atoms with Gasteiger partial charge in [0.2, 0.25) is 0 Å². The molecule has 0 N–H and O–H groups in total. The molecule has 0 aromatic heterocycles. The zero-order valence-electron chi connectivity index (χ0n) is 7.78. The monoisotopic (exact) mass is 192 g/mol. The Morgan fingerprint density at radius 2 is 1.92 bits per heavy atom. The second-order valence-corrected chi connectivity index (χ2v) is 3.54. The van der Waals surface area contributed by atoms with E-state index in [1.807, 2.05) is 36.6 Å². The molecule has 0 atom stereocenters. The van der Waals surface area contributed by atoms with Gasteiger partial charge in [0, 0.05) is 4.91 Å². The first-order valence-electron chi connectivity index (χ1n) is 4.05. The van der Waals surface area contributed by atoms with Crippen molar-refractivity contribution >= 4 is 22.5 Å². The van der Waals surface area contributed by atoms with Crippen LogP contribution in [0.15, 0.2) is 36.4 Å². The predicted molar refractivity (Wildman–Crippen MR) is 58.6 cm³/mol. The van der Waals surface area contributed by atoms with E-state index in [2.05, 4.69) is 0 Å². The zero-order valence-corrected chi connectivity index (χ0v) is 8.60. The average Bonchev–Trinajstić information content (AvgIpc) is 2.15. The number of allylic oxidation sites excluding steroid dienone is 1. The van der Waals surface area contributed by atoms with Crippen molar-refractivity contribution in [2.45, 2.75) is 6.92 Å². The summed E-state index contributed by atoms with van der Waals surface area (Å²) in [6.07, 6.45) is 3.64. The van der Waals surface area contributed by atoms with Crippen LogP contribution in [-0.2, 0) is 4.79 Å². The minimum absolute atomic E-state index is 0.0909. The summed E-state index contributed by atoms with van der Waals surface area (Å²) in [5.41, 5.74) is 1.10. The fourth-order valence-electron chi connectivity index (χ4n) is 1.05. The Balaban J connectivity index is 2.98. The Bertz CT molecular complexity index is 314. The Kier molecular flexibility index (Phi) is 3.77. The van der Waals surface area contributed by atoms with Crippen molar-refractivity contribution in [1.29, 1.82) is 0 Å². The molecule has 0 saturated heterocycles. The van der Waals surface area contributed by atoms with Crippen molar-refractivity contribution in [3.63, 3.8) is 0 Å². The minimum atomic E-state index is 0.0909. The highest BCUT2D eigenvalue weighted by Crippen LogP contribution is 2.24. The third-order valence-corrected chi connectivity index (χ3v) is 2.41. The first kappa shape index (κ1) is 10.1. The van der Waals surface area contributed by atoms with Gasteiger partial charge >= 0.3 is 0 Å². The molecule has 1 aromatic carbocycles. The maximum Gasteiger partial charge on any atom is 0.153 e. The van der Waals surface area contributed by atoms with Crippen LogP contribution in [-0.4, -0.2) is 12.0 Å². The number of thioether (sulfide) groups is 1. The van der Waals surface area contributed by atoms with Gasteiger partial charge in [0.05, 0.1) is 0 Å². The number of carbonyl (C=O) groups excluding carboxylic acids is 1. The molecular weight excluding hydrogens is 180 g/mol. The summed E-state index contributed by atoms with van der Waals surface area (Å²) in [6, 6.07) is 9.92. The molecule has 0 aliphatic heterocycles. The fourth-order valence-corrected chi connectivity index (χ4v) is 1.70. The lowest BCUT2D eigenvalue weighted by molar-refractivity contribution is -0.112. The summed E-state index contributed by atoms with van der Waals surface area (Å²) in [6.45, 7) is 1.57. The van der Waals surface area contributed by atoms with E-state index in [0.717, 1.165) is 10.5 Å². The number of carbonyl (C=O) groups is 1. The highest BCUT2D eigenvalue weighted by molar-refractivity contribution is 8.07. The summed E-state index contributed by atoms with van der Waals surface area (Å²) in [5, 5.41) is 0. The lowest BCUT2D eigenvalue weighted by atomic mass is 10.2. The molecule has 0 heterocycles. The van der Waals surface area contributed by atoms with E-state index in [9.17, 15) is 4.79 Å². The predicted octanol–water partition coefficient (Wildman–Crippen LogP) is 2.98. The molecule has 0 amide bonds. The standard InChI is InChI=1S/C11H12OS/c1-9(12)8-11(13-2)10-6-4-3-5-7-10/h3-8H,1-2H3/b11-8+. The summed E-state index contributed by atoms with van der Waals surface area (Å²) in [4.78, 5) is 11.9. The van der Waals surface area contributed by atoms with Crippen LogP contribution in [0.3, 0.4) is 0 Å². The lowest BCUT2D eigenvalue weighted by Gasteiger charge is -2.02. The molecule has 13 heavy (non-hydrogen) atoms. The van der Waals surface area contributed by atoms with Crippen LogP contribution in [0, 0.1) is 0 Å². The van der Waals surface area contributed by atoms with Gasteiger partial charge in [-0.3, -0.25) is 4.79 Å². The number of benzene rings is 1. The van der Waals surface area contributed by atoms with E-state index in [4.69, 9.17) is 0 Å². The van der Waals surface area contributed by atoms with Gasteiger partial charge in [0.25, 0.3) is 0 Å². The van der Waals surface area contributed by atoms with E-state index < -0.39 is 0 Å². The summed E-state index contributed by atoms with van der Waals surface area (Å²) in [5.74, 6) is 0.0909. The smallest absolute Gasteiger partial charge is 0.153 e. The molecular formula is C11H12OS. The molecule has 2 heteroatoms. The molecule has 0 fully saturated rings. The quantitative estimate of drug-likeness (QED) is 0.685. The van der Waals surface area contributed by atoms with Gasteiger partial charge in [-0.15, -0.1) is 11.8 Å². The largest absolute Gasteiger partial charge is 0.295 e. The third-order valence-electron chi connectivity index (χ3n) is 1.61. The number of hydrogen-bond donors (Lipinski definition) is 0. The van der Waals surface area contributed by atoms with Crippen molar-refractivity contribution in [2.75, 3.05) is 6.26 Å². The molecule has 1 aromatic rings. The maximum absolute atomic E-state index is 10.9. The molecule has 0 aliphatic carbocycles. The van der Waals surface area contributed by atoms with Gasteiger partial charge in [0.15, 0.2) is 5.78 Å². The average molecular weight is 192 g/mol. The second-order valence-electron chi connectivity index (χ2n) is 2.69. The van der Waals surface area contributed by atoms with Gasteiger partial charge in [-0.1, -0.05) is 30.3 Å². The van der Waals surface area contributed by atoms with E-state index in [1.165, 1.54) is 0 Å². The zero-order chi connectivity index (χ0) is 9.68. The highest BCUT2D eigenvalue weighted by atomic mass is 32.2. The van der Waals surface area contributed by atoms with Crippen molar-refractivity contribution < 1.29 is 4.79 Å². The van der Waals surface area contributed by atoms with E-state index in [0.29, 0.717) is 0 Å². The maximum atomic E-state index is 10.9. The molecule has 0 radical (unpaired) electrons. The Labute approximate surface area is 82.9 Å². The molecule has 0 unspecified atom stereocenters. The topological polar surface area (TPSA) is 17.1 Å². The molecule has 1 nitrogen and oxygen atoms in total. The van der Waals surface area contributed by atoms with E-state index in [-0.39, 0.29) is 5.78 Å². The van der Waals surface area contributed by atoms with E-state index >= 15 is 0 Å². The molecule has 0 spiro atoms. The highest BCUT2D eigenvalue weighted by Gasteiger charge is 1.99. The van der Waals surface area contributed by atoms with Crippen LogP contribution in [0.1, 0.15) is 12.5 Å². The molecule has 68 valence electrons. The van der Waals surface area contributed by atoms with Crippen LogP contribution in [0.4, 0.5) is 0 Å². The number of ketones is 1. The van der Waals surface area contributed by atoms with Gasteiger partial charge in [-0.25, -0.2) is 0 Å². The van der Waals surface area contributed by atoms with Crippen LogP contribution in [0.2, 0.25) is 0 Å². The fraction of sp³-hybridized carbons (Fsp3) is 0.182. The lowest BCUT2D eigenvalue weighted by Crippen LogP contribution is -1.85. The normalized spacial score (nSPS) is 11.4. The Morgan fingerprint density at radius 3 is 2.38 bits per heavy atom.